The summed E-state index contributed by atoms with van der Waals surface area (Å²) < 4.78 is 11.1. The number of carbonyl (C=O) groups is 1. The van der Waals surface area contributed by atoms with Gasteiger partial charge in [-0.3, -0.25) is 4.90 Å². The minimum absolute atomic E-state index is 0.149. The third-order valence-corrected chi connectivity index (χ3v) is 4.80. The van der Waals surface area contributed by atoms with Crippen LogP contribution in [-0.2, 0) is 11.3 Å². The van der Waals surface area contributed by atoms with E-state index in [-0.39, 0.29) is 12.1 Å². The number of esters is 1. The number of aromatic nitrogens is 1. The molecule has 6 heteroatoms. The van der Waals surface area contributed by atoms with E-state index in [1.165, 1.54) is 5.56 Å². The van der Waals surface area contributed by atoms with Crippen molar-refractivity contribution in [3.05, 3.63) is 53.7 Å². The van der Waals surface area contributed by atoms with Crippen molar-refractivity contribution in [1.82, 2.24) is 9.88 Å². The highest BCUT2D eigenvalue weighted by Gasteiger charge is 2.23. The fourth-order valence-electron chi connectivity index (χ4n) is 3.42. The lowest BCUT2D eigenvalue weighted by Crippen LogP contribution is -2.46. The number of carbonyl (C=O) groups excluding carboxylic acids is 1. The number of rotatable bonds is 8. The second kappa shape index (κ2) is 10.3. The average Bonchev–Trinajstić information content (AvgIpc) is 2.72. The molecule has 2 aromatic rings. The van der Waals surface area contributed by atoms with E-state index in [0.717, 1.165) is 51.5 Å². The fraction of sp³-hybridized carbons (Fsp3) is 0.478. The van der Waals surface area contributed by atoms with Gasteiger partial charge < -0.3 is 14.4 Å². The molecular formula is C23H31N3O3. The number of pyridine rings is 1. The Balaban J connectivity index is 1.59. The summed E-state index contributed by atoms with van der Waals surface area (Å²) >= 11 is 0. The van der Waals surface area contributed by atoms with Crippen LogP contribution in [0.15, 0.2) is 42.6 Å². The molecule has 0 amide bonds. The van der Waals surface area contributed by atoms with E-state index in [2.05, 4.69) is 39.9 Å². The monoisotopic (exact) mass is 397 g/mol. The van der Waals surface area contributed by atoms with Gasteiger partial charge in [0.15, 0.2) is 0 Å². The first-order chi connectivity index (χ1) is 14.1. The molecule has 3 rings (SSSR count). The summed E-state index contributed by atoms with van der Waals surface area (Å²) in [5.74, 6) is 1.34. The zero-order chi connectivity index (χ0) is 20.6. The quantitative estimate of drug-likeness (QED) is 0.632. The van der Waals surface area contributed by atoms with Crippen LogP contribution < -0.4 is 9.64 Å². The van der Waals surface area contributed by atoms with Crippen LogP contribution in [0, 0.1) is 0 Å². The Morgan fingerprint density at radius 3 is 2.66 bits per heavy atom. The Morgan fingerprint density at radius 1 is 1.14 bits per heavy atom. The lowest BCUT2D eigenvalue weighted by Gasteiger charge is -2.36. The molecule has 1 aromatic carbocycles. The summed E-state index contributed by atoms with van der Waals surface area (Å²) in [4.78, 5) is 21.5. The Bertz CT molecular complexity index is 801. The van der Waals surface area contributed by atoms with Gasteiger partial charge in [-0.15, -0.1) is 0 Å². The molecule has 1 saturated heterocycles. The Kier molecular flexibility index (Phi) is 7.47. The minimum atomic E-state index is -0.311. The zero-order valence-electron chi connectivity index (χ0n) is 17.6. The molecule has 6 nitrogen and oxygen atoms in total. The van der Waals surface area contributed by atoms with E-state index in [1.807, 2.05) is 19.9 Å². The highest BCUT2D eigenvalue weighted by Crippen LogP contribution is 2.22. The molecule has 1 aliphatic rings. The fourth-order valence-corrected chi connectivity index (χ4v) is 3.42. The van der Waals surface area contributed by atoms with E-state index < -0.39 is 0 Å². The van der Waals surface area contributed by atoms with E-state index in [0.29, 0.717) is 11.4 Å². The van der Waals surface area contributed by atoms with Crippen molar-refractivity contribution in [3.8, 4) is 5.75 Å². The second-order valence-electron chi connectivity index (χ2n) is 7.59. The lowest BCUT2D eigenvalue weighted by molar-refractivity contribution is 0.0378. The predicted octanol–water partition coefficient (Wildman–Crippen LogP) is 3.76. The summed E-state index contributed by atoms with van der Waals surface area (Å²) in [6.45, 7) is 10.9. The standard InChI is InChI=1S/C23H31N3O3/c1-4-15-28-20-8-5-7-19(16-20)17-25-11-13-26(14-12-25)22-21(9-6-10-24-22)23(27)29-18(2)3/h5-10,16,18H,4,11-15,17H2,1-3H3. The molecule has 0 radical (unpaired) electrons. The summed E-state index contributed by atoms with van der Waals surface area (Å²) in [5.41, 5.74) is 1.79. The summed E-state index contributed by atoms with van der Waals surface area (Å²) in [5, 5.41) is 0. The van der Waals surface area contributed by atoms with Crippen molar-refractivity contribution < 1.29 is 14.3 Å². The molecule has 1 fully saturated rings. The van der Waals surface area contributed by atoms with Gasteiger partial charge in [-0.1, -0.05) is 19.1 Å². The van der Waals surface area contributed by atoms with Crippen LogP contribution in [0.5, 0.6) is 5.75 Å². The van der Waals surface area contributed by atoms with E-state index >= 15 is 0 Å². The highest BCUT2D eigenvalue weighted by molar-refractivity contribution is 5.94. The zero-order valence-corrected chi connectivity index (χ0v) is 17.6. The van der Waals surface area contributed by atoms with Crippen molar-refractivity contribution in [2.45, 2.75) is 39.8 Å². The van der Waals surface area contributed by atoms with E-state index in [4.69, 9.17) is 9.47 Å². The largest absolute Gasteiger partial charge is 0.494 e. The average molecular weight is 398 g/mol. The van der Waals surface area contributed by atoms with Gasteiger partial charge in [-0.25, -0.2) is 9.78 Å². The molecule has 0 unspecified atom stereocenters. The van der Waals surface area contributed by atoms with E-state index in [1.54, 1.807) is 18.3 Å². The van der Waals surface area contributed by atoms with Gasteiger partial charge in [-0.2, -0.15) is 0 Å². The molecule has 1 aliphatic heterocycles. The number of anilines is 1. The SMILES string of the molecule is CCCOc1cccc(CN2CCN(c3ncccc3C(=O)OC(C)C)CC2)c1. The Morgan fingerprint density at radius 2 is 1.93 bits per heavy atom. The molecule has 0 saturated carbocycles. The number of piperazine rings is 1. The Hall–Kier alpha value is -2.60. The first-order valence-electron chi connectivity index (χ1n) is 10.4. The van der Waals surface area contributed by atoms with Crippen LogP contribution in [0.3, 0.4) is 0 Å². The molecular weight excluding hydrogens is 366 g/mol. The number of nitrogens with zero attached hydrogens (tertiary/aromatic N) is 3. The lowest BCUT2D eigenvalue weighted by atomic mass is 10.1. The third-order valence-electron chi connectivity index (χ3n) is 4.80. The molecule has 0 aliphatic carbocycles. The second-order valence-corrected chi connectivity index (χ2v) is 7.59. The first kappa shape index (κ1) is 21.1. The molecule has 156 valence electrons. The molecule has 29 heavy (non-hydrogen) atoms. The van der Waals surface area contributed by atoms with Gasteiger partial charge in [-0.05, 0) is 50.1 Å². The van der Waals surface area contributed by atoms with Crippen LogP contribution in [0.25, 0.3) is 0 Å². The normalized spacial score (nSPS) is 14.8. The molecule has 0 atom stereocenters. The van der Waals surface area contributed by atoms with Crippen molar-refractivity contribution in [3.63, 3.8) is 0 Å². The van der Waals surface area contributed by atoms with Gasteiger partial charge in [0.05, 0.1) is 12.7 Å². The number of ether oxygens (including phenoxy) is 2. The molecule has 0 bridgehead atoms. The maximum Gasteiger partial charge on any atom is 0.342 e. The van der Waals surface area contributed by atoms with Gasteiger partial charge in [0.2, 0.25) is 0 Å². The number of hydrogen-bond donors (Lipinski definition) is 0. The third kappa shape index (κ3) is 5.94. The van der Waals surface area contributed by atoms with Gasteiger partial charge in [0.25, 0.3) is 0 Å². The van der Waals surface area contributed by atoms with Gasteiger partial charge in [0, 0.05) is 38.9 Å². The van der Waals surface area contributed by atoms with Crippen LogP contribution in [-0.4, -0.2) is 54.7 Å². The number of benzene rings is 1. The molecule has 0 spiro atoms. The summed E-state index contributed by atoms with van der Waals surface area (Å²) in [6, 6.07) is 11.9. The maximum atomic E-state index is 12.4. The van der Waals surface area contributed by atoms with Gasteiger partial charge >= 0.3 is 5.97 Å². The summed E-state index contributed by atoms with van der Waals surface area (Å²) in [7, 11) is 0. The molecule has 1 aromatic heterocycles. The van der Waals surface area contributed by atoms with Crippen molar-refractivity contribution in [1.29, 1.82) is 0 Å². The van der Waals surface area contributed by atoms with Crippen molar-refractivity contribution in [2.75, 3.05) is 37.7 Å². The Labute approximate surface area is 173 Å². The first-order valence-corrected chi connectivity index (χ1v) is 10.4. The molecule has 0 N–H and O–H groups in total. The number of hydrogen-bond acceptors (Lipinski definition) is 6. The smallest absolute Gasteiger partial charge is 0.342 e. The highest BCUT2D eigenvalue weighted by atomic mass is 16.5. The predicted molar refractivity (Wildman–Crippen MR) is 115 cm³/mol. The van der Waals surface area contributed by atoms with Crippen LogP contribution in [0.1, 0.15) is 43.1 Å². The van der Waals surface area contributed by atoms with Crippen LogP contribution in [0.4, 0.5) is 5.82 Å². The van der Waals surface area contributed by atoms with E-state index in [9.17, 15) is 4.79 Å². The maximum absolute atomic E-state index is 12.4. The summed E-state index contributed by atoms with van der Waals surface area (Å²) in [6.07, 6.45) is 2.59. The van der Waals surface area contributed by atoms with Crippen molar-refractivity contribution >= 4 is 11.8 Å². The molecule has 2 heterocycles. The van der Waals surface area contributed by atoms with Crippen LogP contribution in [0.2, 0.25) is 0 Å². The topological polar surface area (TPSA) is 54.9 Å². The van der Waals surface area contributed by atoms with Crippen molar-refractivity contribution in [2.24, 2.45) is 0 Å². The minimum Gasteiger partial charge on any atom is -0.494 e. The van der Waals surface area contributed by atoms with Gasteiger partial charge in [0.1, 0.15) is 17.1 Å². The van der Waals surface area contributed by atoms with Crippen LogP contribution >= 0.6 is 0 Å².